The summed E-state index contributed by atoms with van der Waals surface area (Å²) in [7, 11) is 2.14. The molecule has 7 rings (SSSR count). The summed E-state index contributed by atoms with van der Waals surface area (Å²) in [6.07, 6.45) is 14.0. The number of hydrogen-bond donors (Lipinski definition) is 0. The average molecular weight is 394 g/mol. The summed E-state index contributed by atoms with van der Waals surface area (Å²) in [6, 6.07) is 6.10. The standard InChI is InChI=1S/C22H27N5S/c1-26-20(12-22-9-15-6-16(10-22)8-17(7-15)11-22)24-25-21(26)28-14-18-13-27-5-3-2-4-19(27)23-18/h2-5,13,15-17H,6-12,14H2,1H3. The van der Waals surface area contributed by atoms with Gasteiger partial charge >= 0.3 is 0 Å². The van der Waals surface area contributed by atoms with Crippen molar-refractivity contribution in [1.29, 1.82) is 0 Å². The van der Waals surface area contributed by atoms with Crippen LogP contribution in [-0.4, -0.2) is 24.1 Å². The van der Waals surface area contributed by atoms with Gasteiger partial charge in [-0.15, -0.1) is 10.2 Å². The molecule has 3 heterocycles. The maximum atomic E-state index is 4.70. The predicted octanol–water partition coefficient (Wildman–Crippen LogP) is 4.51. The predicted molar refractivity (Wildman–Crippen MR) is 110 cm³/mol. The summed E-state index contributed by atoms with van der Waals surface area (Å²) in [5, 5.41) is 10.1. The molecule has 3 aromatic rings. The van der Waals surface area contributed by atoms with Crippen molar-refractivity contribution in [2.75, 3.05) is 0 Å². The topological polar surface area (TPSA) is 48.0 Å². The van der Waals surface area contributed by atoms with Gasteiger partial charge in [0.1, 0.15) is 11.5 Å². The molecule has 4 aliphatic rings. The Balaban J connectivity index is 1.17. The molecule has 28 heavy (non-hydrogen) atoms. The first-order chi connectivity index (χ1) is 13.7. The molecule has 0 amide bonds. The van der Waals surface area contributed by atoms with E-state index in [4.69, 9.17) is 4.98 Å². The lowest BCUT2D eigenvalue weighted by molar-refractivity contribution is -0.0535. The van der Waals surface area contributed by atoms with E-state index in [0.29, 0.717) is 5.41 Å². The molecular weight excluding hydrogens is 366 g/mol. The smallest absolute Gasteiger partial charge is 0.191 e. The molecule has 4 bridgehead atoms. The molecule has 0 radical (unpaired) electrons. The van der Waals surface area contributed by atoms with Crippen molar-refractivity contribution >= 4 is 17.4 Å². The first-order valence-electron chi connectivity index (χ1n) is 10.6. The number of hydrogen-bond acceptors (Lipinski definition) is 4. The fourth-order valence-corrected chi connectivity index (χ4v) is 7.48. The SMILES string of the molecule is Cn1c(CC23CC4CC(CC(C4)C2)C3)nnc1SCc1cn2ccccc2n1. The fraction of sp³-hybridized carbons (Fsp3) is 0.591. The minimum Gasteiger partial charge on any atom is -0.309 e. The Morgan fingerprint density at radius 3 is 2.54 bits per heavy atom. The zero-order valence-electron chi connectivity index (χ0n) is 16.4. The van der Waals surface area contributed by atoms with Gasteiger partial charge in [-0.3, -0.25) is 0 Å². The zero-order chi connectivity index (χ0) is 18.7. The van der Waals surface area contributed by atoms with E-state index in [9.17, 15) is 0 Å². The number of pyridine rings is 1. The van der Waals surface area contributed by atoms with Crippen LogP contribution in [0, 0.1) is 23.2 Å². The average Bonchev–Trinajstić information content (AvgIpc) is 3.22. The van der Waals surface area contributed by atoms with E-state index in [1.54, 1.807) is 11.8 Å². The van der Waals surface area contributed by atoms with Gasteiger partial charge in [-0.1, -0.05) is 17.8 Å². The molecule has 4 fully saturated rings. The van der Waals surface area contributed by atoms with Crippen molar-refractivity contribution < 1.29 is 0 Å². The van der Waals surface area contributed by atoms with Gasteiger partial charge < -0.3 is 8.97 Å². The molecule has 0 N–H and O–H groups in total. The minimum absolute atomic E-state index is 0.513. The lowest BCUT2D eigenvalue weighted by Gasteiger charge is -2.56. The Hall–Kier alpha value is -1.82. The Morgan fingerprint density at radius 2 is 1.82 bits per heavy atom. The second kappa shape index (κ2) is 6.34. The number of fused-ring (bicyclic) bond motifs is 1. The summed E-state index contributed by atoms with van der Waals surface area (Å²) in [6.45, 7) is 0. The van der Waals surface area contributed by atoms with Crippen LogP contribution in [0.25, 0.3) is 5.65 Å². The molecule has 0 unspecified atom stereocenters. The van der Waals surface area contributed by atoms with E-state index >= 15 is 0 Å². The van der Waals surface area contributed by atoms with Crippen molar-refractivity contribution in [3.8, 4) is 0 Å². The Kier molecular flexibility index (Phi) is 3.87. The van der Waals surface area contributed by atoms with Gasteiger partial charge in [0.2, 0.25) is 0 Å². The van der Waals surface area contributed by atoms with Crippen molar-refractivity contribution in [1.82, 2.24) is 24.1 Å². The van der Waals surface area contributed by atoms with Gasteiger partial charge in [-0.25, -0.2) is 4.98 Å². The second-order valence-electron chi connectivity index (χ2n) is 9.54. The molecule has 0 aromatic carbocycles. The molecule has 0 saturated heterocycles. The monoisotopic (exact) mass is 393 g/mol. The number of rotatable bonds is 5. The van der Waals surface area contributed by atoms with E-state index < -0.39 is 0 Å². The van der Waals surface area contributed by atoms with Crippen molar-refractivity contribution in [3.05, 3.63) is 42.1 Å². The van der Waals surface area contributed by atoms with Crippen LogP contribution in [0.2, 0.25) is 0 Å². The van der Waals surface area contributed by atoms with Gasteiger partial charge in [0, 0.05) is 31.6 Å². The third-order valence-electron chi connectivity index (χ3n) is 7.39. The largest absolute Gasteiger partial charge is 0.309 e. The van der Waals surface area contributed by atoms with Crippen LogP contribution in [0.1, 0.15) is 50.0 Å². The van der Waals surface area contributed by atoms with Gasteiger partial charge in [-0.2, -0.15) is 0 Å². The molecule has 3 aromatic heterocycles. The van der Waals surface area contributed by atoms with E-state index in [-0.39, 0.29) is 0 Å². The molecule has 6 heteroatoms. The summed E-state index contributed by atoms with van der Waals surface area (Å²) >= 11 is 1.74. The lowest BCUT2D eigenvalue weighted by atomic mass is 9.49. The van der Waals surface area contributed by atoms with Crippen molar-refractivity contribution in [2.24, 2.45) is 30.2 Å². The van der Waals surface area contributed by atoms with E-state index in [1.165, 1.54) is 44.3 Å². The van der Waals surface area contributed by atoms with Crippen LogP contribution >= 0.6 is 11.8 Å². The van der Waals surface area contributed by atoms with Crippen LogP contribution in [0.5, 0.6) is 0 Å². The van der Waals surface area contributed by atoms with E-state index in [0.717, 1.165) is 46.4 Å². The van der Waals surface area contributed by atoms with Gasteiger partial charge in [0.05, 0.1) is 5.69 Å². The van der Waals surface area contributed by atoms with Crippen LogP contribution < -0.4 is 0 Å². The fourth-order valence-electron chi connectivity index (χ4n) is 6.66. The molecule has 0 spiro atoms. The summed E-state index contributed by atoms with van der Waals surface area (Å²) in [5.41, 5.74) is 2.60. The van der Waals surface area contributed by atoms with Crippen LogP contribution in [0.4, 0.5) is 0 Å². The molecule has 4 saturated carbocycles. The molecule has 0 aliphatic heterocycles. The van der Waals surface area contributed by atoms with Crippen LogP contribution in [0.15, 0.2) is 35.7 Å². The lowest BCUT2D eigenvalue weighted by Crippen LogP contribution is -2.47. The highest BCUT2D eigenvalue weighted by Crippen LogP contribution is 2.60. The maximum Gasteiger partial charge on any atom is 0.191 e. The number of thioether (sulfide) groups is 1. The summed E-state index contributed by atoms with van der Waals surface area (Å²) < 4.78 is 4.31. The molecule has 5 nitrogen and oxygen atoms in total. The zero-order valence-corrected chi connectivity index (χ0v) is 17.2. The third kappa shape index (κ3) is 2.88. The highest BCUT2D eigenvalue weighted by molar-refractivity contribution is 7.98. The van der Waals surface area contributed by atoms with Crippen molar-refractivity contribution in [2.45, 2.75) is 55.9 Å². The third-order valence-corrected chi connectivity index (χ3v) is 8.44. The highest BCUT2D eigenvalue weighted by atomic mass is 32.2. The van der Waals surface area contributed by atoms with E-state index in [1.807, 2.05) is 24.4 Å². The number of imidazole rings is 1. The molecule has 4 aliphatic carbocycles. The minimum atomic E-state index is 0.513. The quantitative estimate of drug-likeness (QED) is 0.598. The number of nitrogens with zero attached hydrogens (tertiary/aromatic N) is 5. The summed E-state index contributed by atoms with van der Waals surface area (Å²) in [5.74, 6) is 4.97. The van der Waals surface area contributed by atoms with E-state index in [2.05, 4.69) is 32.4 Å². The first kappa shape index (κ1) is 17.1. The molecular formula is C22H27N5S. The molecule has 146 valence electrons. The van der Waals surface area contributed by atoms with Crippen LogP contribution in [0.3, 0.4) is 0 Å². The van der Waals surface area contributed by atoms with Crippen molar-refractivity contribution in [3.63, 3.8) is 0 Å². The second-order valence-corrected chi connectivity index (χ2v) is 10.5. The molecule has 0 atom stereocenters. The van der Waals surface area contributed by atoms with Gasteiger partial charge in [-0.05, 0) is 73.8 Å². The van der Waals surface area contributed by atoms with Gasteiger partial charge in [0.25, 0.3) is 0 Å². The number of aromatic nitrogens is 5. The van der Waals surface area contributed by atoms with Crippen LogP contribution in [-0.2, 0) is 19.2 Å². The first-order valence-corrected chi connectivity index (χ1v) is 11.6. The van der Waals surface area contributed by atoms with Gasteiger partial charge in [0.15, 0.2) is 5.16 Å². The summed E-state index contributed by atoms with van der Waals surface area (Å²) in [4.78, 5) is 4.70. The normalized spacial score (nSPS) is 31.1. The Morgan fingerprint density at radius 1 is 1.07 bits per heavy atom. The Bertz CT molecular complexity index is 951. The highest BCUT2D eigenvalue weighted by Gasteiger charge is 2.51. The Labute approximate surface area is 170 Å². The maximum absolute atomic E-state index is 4.70.